The zero-order chi connectivity index (χ0) is 12.8. The summed E-state index contributed by atoms with van der Waals surface area (Å²) in [5.74, 6) is 0.950. The van der Waals surface area contributed by atoms with Crippen LogP contribution in [0.3, 0.4) is 0 Å². The standard InChI is InChI=1S/C14H15N3O/c1-14(2,3)12-16-10-6-4-5-7-11(10)17(12)13-15-8-9-18-13/h4-9H,1-3H3. The third kappa shape index (κ3) is 1.61. The van der Waals surface area contributed by atoms with Crippen molar-refractivity contribution in [3.63, 3.8) is 0 Å². The Morgan fingerprint density at radius 1 is 1.17 bits per heavy atom. The van der Waals surface area contributed by atoms with Crippen LogP contribution in [0.4, 0.5) is 0 Å². The van der Waals surface area contributed by atoms with Gasteiger partial charge in [0.1, 0.15) is 12.1 Å². The van der Waals surface area contributed by atoms with Gasteiger partial charge in [0.15, 0.2) is 0 Å². The molecule has 0 aliphatic heterocycles. The van der Waals surface area contributed by atoms with Crippen LogP contribution in [0.15, 0.2) is 41.1 Å². The number of fused-ring (bicyclic) bond motifs is 1. The van der Waals surface area contributed by atoms with Gasteiger partial charge in [-0.3, -0.25) is 0 Å². The zero-order valence-electron chi connectivity index (χ0n) is 10.7. The molecule has 18 heavy (non-hydrogen) atoms. The number of aromatic nitrogens is 3. The van der Waals surface area contributed by atoms with E-state index < -0.39 is 0 Å². The minimum atomic E-state index is -0.0759. The number of hydrogen-bond acceptors (Lipinski definition) is 3. The van der Waals surface area contributed by atoms with Crippen molar-refractivity contribution in [3.8, 4) is 6.01 Å². The summed E-state index contributed by atoms with van der Waals surface area (Å²) in [4.78, 5) is 8.94. The number of imidazole rings is 1. The summed E-state index contributed by atoms with van der Waals surface area (Å²) < 4.78 is 7.42. The maximum atomic E-state index is 5.43. The quantitative estimate of drug-likeness (QED) is 0.656. The van der Waals surface area contributed by atoms with Gasteiger partial charge in [0, 0.05) is 5.41 Å². The Morgan fingerprint density at radius 3 is 2.61 bits per heavy atom. The minimum Gasteiger partial charge on any atom is -0.432 e. The van der Waals surface area contributed by atoms with E-state index in [0.29, 0.717) is 6.01 Å². The van der Waals surface area contributed by atoms with Crippen molar-refractivity contribution in [2.75, 3.05) is 0 Å². The molecule has 0 bridgehead atoms. The van der Waals surface area contributed by atoms with Crippen LogP contribution < -0.4 is 0 Å². The van der Waals surface area contributed by atoms with E-state index >= 15 is 0 Å². The first-order chi connectivity index (χ1) is 8.57. The highest BCUT2D eigenvalue weighted by Gasteiger charge is 2.25. The van der Waals surface area contributed by atoms with Crippen LogP contribution in [0.2, 0.25) is 0 Å². The van der Waals surface area contributed by atoms with Crippen molar-refractivity contribution in [1.82, 2.24) is 14.5 Å². The smallest absolute Gasteiger partial charge is 0.307 e. The van der Waals surface area contributed by atoms with Crippen LogP contribution >= 0.6 is 0 Å². The van der Waals surface area contributed by atoms with Crippen LogP contribution in [0, 0.1) is 0 Å². The highest BCUT2D eigenvalue weighted by atomic mass is 16.4. The molecule has 3 aromatic rings. The van der Waals surface area contributed by atoms with Gasteiger partial charge in [-0.25, -0.2) is 14.5 Å². The first-order valence-corrected chi connectivity index (χ1v) is 5.95. The summed E-state index contributed by atoms with van der Waals surface area (Å²) in [7, 11) is 0. The molecular weight excluding hydrogens is 226 g/mol. The van der Waals surface area contributed by atoms with Crippen molar-refractivity contribution in [1.29, 1.82) is 0 Å². The number of hydrogen-bond donors (Lipinski definition) is 0. The molecule has 0 unspecified atom stereocenters. The van der Waals surface area contributed by atoms with Crippen LogP contribution in [0.25, 0.3) is 17.0 Å². The van der Waals surface area contributed by atoms with Gasteiger partial charge in [-0.1, -0.05) is 32.9 Å². The maximum absolute atomic E-state index is 5.43. The molecule has 2 heterocycles. The summed E-state index contributed by atoms with van der Waals surface area (Å²) in [5.41, 5.74) is 1.90. The van der Waals surface area contributed by atoms with Gasteiger partial charge in [0.2, 0.25) is 0 Å². The van der Waals surface area contributed by atoms with Gasteiger partial charge < -0.3 is 4.42 Å². The monoisotopic (exact) mass is 241 g/mol. The lowest BCUT2D eigenvalue weighted by Crippen LogP contribution is -2.18. The Labute approximate surface area is 105 Å². The van der Waals surface area contributed by atoms with E-state index in [2.05, 4.69) is 25.8 Å². The predicted molar refractivity (Wildman–Crippen MR) is 69.8 cm³/mol. The average molecular weight is 241 g/mol. The molecule has 0 saturated carbocycles. The topological polar surface area (TPSA) is 43.9 Å². The lowest BCUT2D eigenvalue weighted by atomic mass is 9.96. The number of oxazole rings is 1. The lowest BCUT2D eigenvalue weighted by molar-refractivity contribution is 0.486. The molecule has 2 aromatic heterocycles. The van der Waals surface area contributed by atoms with Crippen LogP contribution in [-0.2, 0) is 5.41 Å². The normalized spacial score (nSPS) is 12.2. The molecule has 0 amide bonds. The van der Waals surface area contributed by atoms with Gasteiger partial charge >= 0.3 is 6.01 Å². The van der Waals surface area contributed by atoms with E-state index in [1.54, 1.807) is 12.5 Å². The first kappa shape index (κ1) is 11.0. The number of rotatable bonds is 1. The second-order valence-electron chi connectivity index (χ2n) is 5.32. The SMILES string of the molecule is CC(C)(C)c1nc2ccccc2n1-c1ncco1. The van der Waals surface area contributed by atoms with E-state index in [0.717, 1.165) is 16.9 Å². The van der Waals surface area contributed by atoms with E-state index in [1.807, 2.05) is 28.8 Å². The summed E-state index contributed by atoms with van der Waals surface area (Å²) in [6.07, 6.45) is 3.23. The molecule has 0 radical (unpaired) electrons. The van der Waals surface area contributed by atoms with Gasteiger partial charge in [-0.2, -0.15) is 0 Å². The molecule has 4 nitrogen and oxygen atoms in total. The largest absolute Gasteiger partial charge is 0.432 e. The molecule has 1 aromatic carbocycles. The van der Waals surface area contributed by atoms with Gasteiger partial charge in [0.25, 0.3) is 0 Å². The third-order valence-corrected chi connectivity index (χ3v) is 2.84. The third-order valence-electron chi connectivity index (χ3n) is 2.84. The molecule has 92 valence electrons. The maximum Gasteiger partial charge on any atom is 0.307 e. The molecule has 0 aliphatic carbocycles. The Hall–Kier alpha value is -2.10. The number of nitrogens with zero attached hydrogens (tertiary/aromatic N) is 3. The highest BCUT2D eigenvalue weighted by Crippen LogP contribution is 2.28. The Kier molecular flexibility index (Phi) is 2.26. The Balaban J connectivity index is 2.39. The van der Waals surface area contributed by atoms with Gasteiger partial charge in [-0.15, -0.1) is 0 Å². The van der Waals surface area contributed by atoms with Crippen LogP contribution in [0.5, 0.6) is 0 Å². The number of benzene rings is 1. The van der Waals surface area contributed by atoms with Crippen LogP contribution in [-0.4, -0.2) is 14.5 Å². The van der Waals surface area contributed by atoms with E-state index in [9.17, 15) is 0 Å². The van der Waals surface area contributed by atoms with Crippen LogP contribution in [0.1, 0.15) is 26.6 Å². The van der Waals surface area contributed by atoms with Gasteiger partial charge in [-0.05, 0) is 12.1 Å². The lowest BCUT2D eigenvalue weighted by Gasteiger charge is -2.18. The minimum absolute atomic E-state index is 0.0759. The molecule has 0 N–H and O–H groups in total. The summed E-state index contributed by atoms with van der Waals surface area (Å²) >= 11 is 0. The van der Waals surface area contributed by atoms with Crippen molar-refractivity contribution < 1.29 is 4.42 Å². The molecule has 0 fully saturated rings. The fourth-order valence-electron chi connectivity index (χ4n) is 2.05. The number of para-hydroxylation sites is 2. The molecule has 0 atom stereocenters. The molecule has 4 heteroatoms. The average Bonchev–Trinajstić information content (AvgIpc) is 2.94. The fraction of sp³-hybridized carbons (Fsp3) is 0.286. The van der Waals surface area contributed by atoms with Gasteiger partial charge in [0.05, 0.1) is 17.2 Å². The Bertz CT molecular complexity index is 675. The summed E-state index contributed by atoms with van der Waals surface area (Å²) in [5, 5.41) is 0. The molecule has 0 aliphatic rings. The van der Waals surface area contributed by atoms with Crippen molar-refractivity contribution >= 4 is 11.0 Å². The van der Waals surface area contributed by atoms with E-state index in [4.69, 9.17) is 9.40 Å². The molecule has 0 saturated heterocycles. The van der Waals surface area contributed by atoms with Crippen molar-refractivity contribution in [3.05, 3.63) is 42.5 Å². The van der Waals surface area contributed by atoms with E-state index in [1.165, 1.54) is 0 Å². The Morgan fingerprint density at radius 2 is 1.94 bits per heavy atom. The highest BCUT2D eigenvalue weighted by molar-refractivity contribution is 5.77. The van der Waals surface area contributed by atoms with E-state index in [-0.39, 0.29) is 5.41 Å². The molecular formula is C14H15N3O. The summed E-state index contributed by atoms with van der Waals surface area (Å²) in [6, 6.07) is 8.58. The summed E-state index contributed by atoms with van der Waals surface area (Å²) in [6.45, 7) is 6.40. The zero-order valence-corrected chi connectivity index (χ0v) is 10.7. The second kappa shape index (κ2) is 3.70. The molecule has 3 rings (SSSR count). The van der Waals surface area contributed by atoms with Crippen molar-refractivity contribution in [2.45, 2.75) is 26.2 Å². The fourth-order valence-corrected chi connectivity index (χ4v) is 2.05. The van der Waals surface area contributed by atoms with Crippen molar-refractivity contribution in [2.24, 2.45) is 0 Å². The molecule has 0 spiro atoms. The first-order valence-electron chi connectivity index (χ1n) is 5.95. The second-order valence-corrected chi connectivity index (χ2v) is 5.32. The predicted octanol–water partition coefficient (Wildman–Crippen LogP) is 3.31.